The number of carbonyl (C=O) groups is 1. The maximum atomic E-state index is 13.1. The Labute approximate surface area is 319 Å². The molecular weight excluding hydrogens is 704 g/mol. The van der Waals surface area contributed by atoms with E-state index in [4.69, 9.17) is 31.0 Å². The Morgan fingerprint density at radius 2 is 1.80 bits per heavy atom. The van der Waals surface area contributed by atoms with Gasteiger partial charge in [-0.3, -0.25) is 9.69 Å². The van der Waals surface area contributed by atoms with Crippen LogP contribution >= 0.6 is 11.6 Å². The second-order valence-corrected chi connectivity index (χ2v) is 15.1. The van der Waals surface area contributed by atoms with Crippen LogP contribution in [0.3, 0.4) is 0 Å². The molecule has 2 saturated heterocycles. The van der Waals surface area contributed by atoms with Gasteiger partial charge in [0.15, 0.2) is 0 Å². The molecule has 0 saturated carbocycles. The molecule has 0 radical (unpaired) electrons. The van der Waals surface area contributed by atoms with Gasteiger partial charge in [0.05, 0.1) is 41.6 Å². The molecule has 12 nitrogen and oxygen atoms in total. The van der Waals surface area contributed by atoms with Crippen LogP contribution in [0.25, 0.3) is 33.2 Å². The first-order valence-corrected chi connectivity index (χ1v) is 18.8. The van der Waals surface area contributed by atoms with Crippen molar-refractivity contribution in [3.63, 3.8) is 0 Å². The largest absolute Gasteiger partial charge is 0.481 e. The van der Waals surface area contributed by atoms with Crippen molar-refractivity contribution in [2.75, 3.05) is 52.3 Å². The quantitative estimate of drug-likeness (QED) is 0.172. The van der Waals surface area contributed by atoms with Crippen LogP contribution in [0.1, 0.15) is 47.7 Å². The van der Waals surface area contributed by atoms with Gasteiger partial charge in [0.1, 0.15) is 5.82 Å². The Kier molecular flexibility index (Phi) is 9.53. The number of ether oxygens (including phenoxy) is 2. The molecular formula is C41H45ClN8O4. The highest BCUT2D eigenvalue weighted by Crippen LogP contribution is 2.47. The van der Waals surface area contributed by atoms with Crippen molar-refractivity contribution < 1.29 is 14.3 Å². The monoisotopic (exact) mass is 748 g/mol. The molecule has 1 aliphatic carbocycles. The van der Waals surface area contributed by atoms with Crippen LogP contribution in [0.4, 0.5) is 16.3 Å². The summed E-state index contributed by atoms with van der Waals surface area (Å²) in [5.41, 5.74) is 7.86. The van der Waals surface area contributed by atoms with Gasteiger partial charge in [0.2, 0.25) is 5.88 Å². The molecule has 3 aliphatic rings. The summed E-state index contributed by atoms with van der Waals surface area (Å²) in [6.07, 6.45) is 5.38. The molecule has 280 valence electrons. The van der Waals surface area contributed by atoms with E-state index in [1.807, 2.05) is 61.2 Å². The van der Waals surface area contributed by atoms with Gasteiger partial charge in [-0.15, -0.1) is 0 Å². The molecule has 2 N–H and O–H groups in total. The molecule has 2 amide bonds. The van der Waals surface area contributed by atoms with Gasteiger partial charge in [-0.25, -0.2) is 19.4 Å². The number of amides is 2. The van der Waals surface area contributed by atoms with Crippen molar-refractivity contribution in [2.24, 2.45) is 7.05 Å². The lowest BCUT2D eigenvalue weighted by molar-refractivity contribution is 0.114. The fourth-order valence-electron chi connectivity index (χ4n) is 8.56. The highest BCUT2D eigenvalue weighted by Gasteiger charge is 2.46. The zero-order valence-electron chi connectivity index (χ0n) is 31.3. The number of halogens is 1. The molecule has 2 aromatic carbocycles. The molecule has 2 aliphatic heterocycles. The molecule has 5 heterocycles. The second kappa shape index (κ2) is 14.3. The summed E-state index contributed by atoms with van der Waals surface area (Å²) in [5, 5.41) is 12.8. The SMILES string of the molecule is COCCN1CC[C@@]2(CCN([C@@H]3CCc4cc(-c5cccc(-c6cccc(Nc7nc(C)cc8cnn(C)c(=O)c78)c6C)c5Cl)nc(OC)c43)C2)NC1=O. The Balaban J connectivity index is 1.07. The van der Waals surface area contributed by atoms with Gasteiger partial charge in [-0.1, -0.05) is 41.9 Å². The van der Waals surface area contributed by atoms with Crippen LogP contribution in [-0.2, 0) is 18.2 Å². The van der Waals surface area contributed by atoms with E-state index in [0.717, 1.165) is 95.6 Å². The van der Waals surface area contributed by atoms with E-state index in [1.54, 1.807) is 27.5 Å². The number of likely N-dealkylation sites (tertiary alicyclic amines) is 1. The van der Waals surface area contributed by atoms with E-state index in [-0.39, 0.29) is 23.2 Å². The predicted molar refractivity (Wildman–Crippen MR) is 211 cm³/mol. The lowest BCUT2D eigenvalue weighted by Gasteiger charge is -2.40. The van der Waals surface area contributed by atoms with Crippen molar-refractivity contribution in [1.29, 1.82) is 0 Å². The van der Waals surface area contributed by atoms with Gasteiger partial charge in [-0.2, -0.15) is 5.10 Å². The second-order valence-electron chi connectivity index (χ2n) is 14.7. The van der Waals surface area contributed by atoms with Crippen molar-refractivity contribution in [3.05, 3.63) is 92.5 Å². The van der Waals surface area contributed by atoms with Crippen LogP contribution in [0, 0.1) is 13.8 Å². The predicted octanol–water partition coefficient (Wildman–Crippen LogP) is 6.57. The first-order valence-electron chi connectivity index (χ1n) is 18.5. The smallest absolute Gasteiger partial charge is 0.317 e. The first kappa shape index (κ1) is 36.0. The molecule has 2 atom stereocenters. The summed E-state index contributed by atoms with van der Waals surface area (Å²) in [6, 6.07) is 16.2. The molecule has 54 heavy (non-hydrogen) atoms. The van der Waals surface area contributed by atoms with Crippen molar-refractivity contribution in [1.82, 2.24) is 34.9 Å². The molecule has 8 rings (SSSR count). The minimum atomic E-state index is -0.220. The number of aryl methyl sites for hydroxylation is 3. The van der Waals surface area contributed by atoms with E-state index in [0.29, 0.717) is 35.3 Å². The van der Waals surface area contributed by atoms with Crippen LogP contribution in [0.5, 0.6) is 5.88 Å². The lowest BCUT2D eigenvalue weighted by Crippen LogP contribution is -2.61. The summed E-state index contributed by atoms with van der Waals surface area (Å²) in [4.78, 5) is 40.2. The summed E-state index contributed by atoms with van der Waals surface area (Å²) < 4.78 is 12.5. The van der Waals surface area contributed by atoms with Gasteiger partial charge in [0, 0.05) is 79.8 Å². The third-order valence-electron chi connectivity index (χ3n) is 11.4. The number of pyridine rings is 2. The Bertz CT molecular complexity index is 2350. The first-order chi connectivity index (χ1) is 26.1. The Hall–Kier alpha value is -5.04. The van der Waals surface area contributed by atoms with Crippen molar-refractivity contribution >= 4 is 39.9 Å². The number of aromatic nitrogens is 4. The number of nitrogens with zero attached hydrogens (tertiary/aromatic N) is 6. The number of urea groups is 1. The van der Waals surface area contributed by atoms with E-state index in [1.165, 1.54) is 10.2 Å². The lowest BCUT2D eigenvalue weighted by atomic mass is 9.92. The summed E-state index contributed by atoms with van der Waals surface area (Å²) >= 11 is 7.29. The van der Waals surface area contributed by atoms with Crippen LogP contribution < -0.4 is 20.9 Å². The fourth-order valence-corrected chi connectivity index (χ4v) is 8.88. The molecule has 1 spiro atoms. The van der Waals surface area contributed by atoms with Crippen LogP contribution in [0.15, 0.2) is 59.5 Å². The van der Waals surface area contributed by atoms with Gasteiger partial charge >= 0.3 is 6.03 Å². The third kappa shape index (κ3) is 6.35. The molecule has 3 aromatic heterocycles. The summed E-state index contributed by atoms with van der Waals surface area (Å²) in [7, 11) is 4.98. The standard InChI is InChI=1S/C41H45ClN8O4/c1-24-20-27-22-43-48(3)39(51)35(27)37(44-24)45-31-11-7-8-28(25(31)2)29-9-6-10-30(36(29)42)32-21-26-12-13-33(34(26)38(46-32)54-5)50-17-15-41(23-50)14-16-49(18-19-53-4)40(52)47-41/h6-11,20-22,33H,12-19,23H2,1-5H3,(H,44,45)(H,47,52)/t33-,41+/m1/s1. The van der Waals surface area contributed by atoms with Gasteiger partial charge in [0.25, 0.3) is 5.56 Å². The number of hydrogen-bond acceptors (Lipinski definition) is 9. The zero-order valence-corrected chi connectivity index (χ0v) is 32.1. The van der Waals surface area contributed by atoms with Crippen molar-refractivity contribution in [3.8, 4) is 28.3 Å². The number of rotatable bonds is 9. The summed E-state index contributed by atoms with van der Waals surface area (Å²) in [6.45, 7) is 7.51. The maximum Gasteiger partial charge on any atom is 0.317 e. The molecule has 13 heteroatoms. The molecule has 5 aromatic rings. The van der Waals surface area contributed by atoms with Crippen LogP contribution in [0.2, 0.25) is 5.02 Å². The average molecular weight is 749 g/mol. The number of hydrogen-bond donors (Lipinski definition) is 2. The minimum Gasteiger partial charge on any atom is -0.481 e. The number of methoxy groups -OCH3 is 2. The highest BCUT2D eigenvalue weighted by atomic mass is 35.5. The van der Waals surface area contributed by atoms with E-state index < -0.39 is 0 Å². The number of anilines is 2. The molecule has 2 fully saturated rings. The van der Waals surface area contributed by atoms with E-state index in [2.05, 4.69) is 26.7 Å². The zero-order chi connectivity index (χ0) is 37.7. The molecule has 0 bridgehead atoms. The Morgan fingerprint density at radius 3 is 2.59 bits per heavy atom. The third-order valence-corrected chi connectivity index (χ3v) is 11.8. The summed E-state index contributed by atoms with van der Waals surface area (Å²) in [5.74, 6) is 1.10. The van der Waals surface area contributed by atoms with Crippen molar-refractivity contribution in [2.45, 2.75) is 51.1 Å². The Morgan fingerprint density at radius 1 is 1.02 bits per heavy atom. The van der Waals surface area contributed by atoms with E-state index in [9.17, 15) is 9.59 Å². The van der Waals surface area contributed by atoms with Gasteiger partial charge < -0.3 is 25.0 Å². The maximum absolute atomic E-state index is 13.1. The number of nitrogens with one attached hydrogen (secondary N) is 2. The topological polar surface area (TPSA) is 127 Å². The number of fused-ring (bicyclic) bond motifs is 2. The fraction of sp³-hybridized carbons (Fsp3) is 0.390. The van der Waals surface area contributed by atoms with E-state index >= 15 is 0 Å². The van der Waals surface area contributed by atoms with Gasteiger partial charge in [-0.05, 0) is 74.4 Å². The highest BCUT2D eigenvalue weighted by molar-refractivity contribution is 6.36. The number of carbonyl (C=O) groups excluding carboxylic acids is 1. The molecule has 0 unspecified atom stereocenters. The number of benzene rings is 2. The normalized spacial score (nSPS) is 19.8. The average Bonchev–Trinajstić information content (AvgIpc) is 3.78. The van der Waals surface area contributed by atoms with Crippen LogP contribution in [-0.4, -0.2) is 88.1 Å². The minimum absolute atomic E-state index is 0.00470.